The topological polar surface area (TPSA) is 21.3 Å². The molecule has 0 aliphatic rings. The van der Waals surface area contributed by atoms with Gasteiger partial charge in [0.1, 0.15) is 5.75 Å². The van der Waals surface area contributed by atoms with Crippen molar-refractivity contribution in [1.29, 1.82) is 0 Å². The van der Waals surface area contributed by atoms with Crippen LogP contribution in [0.1, 0.15) is 19.4 Å². The van der Waals surface area contributed by atoms with E-state index in [4.69, 9.17) is 16.3 Å². The van der Waals surface area contributed by atoms with Gasteiger partial charge in [0, 0.05) is 11.6 Å². The summed E-state index contributed by atoms with van der Waals surface area (Å²) in [6.45, 7) is 6.49. The molecule has 2 rings (SSSR count). The third-order valence-electron chi connectivity index (χ3n) is 3.11. The third-order valence-corrected chi connectivity index (χ3v) is 3.48. The molecule has 0 aromatic heterocycles. The molecule has 0 aliphatic carbocycles. The minimum absolute atomic E-state index is 0.688. The van der Waals surface area contributed by atoms with Crippen molar-refractivity contribution in [2.24, 2.45) is 0 Å². The molecule has 0 radical (unpaired) electrons. The van der Waals surface area contributed by atoms with Gasteiger partial charge >= 0.3 is 0 Å². The van der Waals surface area contributed by atoms with Crippen molar-refractivity contribution in [2.45, 2.75) is 20.4 Å². The van der Waals surface area contributed by atoms with E-state index >= 15 is 0 Å². The molecule has 0 aliphatic heterocycles. The Balaban J connectivity index is 2.23. The van der Waals surface area contributed by atoms with Gasteiger partial charge in [-0.1, -0.05) is 36.7 Å². The summed E-state index contributed by atoms with van der Waals surface area (Å²) in [4.78, 5) is 0. The lowest BCUT2D eigenvalue weighted by molar-refractivity contribution is 0.340. The number of rotatable bonds is 6. The zero-order valence-corrected chi connectivity index (χ0v) is 12.7. The zero-order chi connectivity index (χ0) is 14.4. The maximum Gasteiger partial charge on any atom is 0.119 e. The van der Waals surface area contributed by atoms with Gasteiger partial charge in [0.2, 0.25) is 0 Å². The molecule has 0 atom stereocenters. The number of nitrogens with one attached hydrogen (secondary N) is 1. The van der Waals surface area contributed by atoms with Gasteiger partial charge in [0.15, 0.2) is 0 Å². The van der Waals surface area contributed by atoms with Crippen LogP contribution in [0.15, 0.2) is 42.5 Å². The Morgan fingerprint density at radius 3 is 2.35 bits per heavy atom. The number of ether oxygens (including phenoxy) is 1. The summed E-state index contributed by atoms with van der Waals surface area (Å²) < 4.78 is 5.46. The predicted octanol–water partition coefficient (Wildman–Crippen LogP) is 4.52. The van der Waals surface area contributed by atoms with E-state index in [2.05, 4.69) is 30.4 Å². The van der Waals surface area contributed by atoms with Crippen LogP contribution in [0.2, 0.25) is 5.02 Å². The van der Waals surface area contributed by atoms with Crippen LogP contribution < -0.4 is 10.1 Å². The molecule has 0 fully saturated rings. The quantitative estimate of drug-likeness (QED) is 0.844. The maximum atomic E-state index is 6.23. The predicted molar refractivity (Wildman–Crippen MR) is 85.4 cm³/mol. The molecule has 0 saturated heterocycles. The van der Waals surface area contributed by atoms with Crippen LogP contribution in [0.5, 0.6) is 5.75 Å². The summed E-state index contributed by atoms with van der Waals surface area (Å²) in [5.41, 5.74) is 3.47. The van der Waals surface area contributed by atoms with Crippen LogP contribution in [-0.4, -0.2) is 13.2 Å². The van der Waals surface area contributed by atoms with Gasteiger partial charge in [-0.2, -0.15) is 0 Å². The largest absolute Gasteiger partial charge is 0.494 e. The third kappa shape index (κ3) is 3.75. The molecule has 2 nitrogen and oxygen atoms in total. The van der Waals surface area contributed by atoms with E-state index in [-0.39, 0.29) is 0 Å². The molecular formula is C17H20ClNO. The Labute approximate surface area is 125 Å². The van der Waals surface area contributed by atoms with Crippen LogP contribution in [0, 0.1) is 0 Å². The first-order valence-electron chi connectivity index (χ1n) is 6.97. The van der Waals surface area contributed by atoms with Crippen LogP contribution in [0.3, 0.4) is 0 Å². The Kier molecular flexibility index (Phi) is 5.45. The molecule has 106 valence electrons. The van der Waals surface area contributed by atoms with E-state index < -0.39 is 0 Å². The Morgan fingerprint density at radius 1 is 1.00 bits per heavy atom. The van der Waals surface area contributed by atoms with Crippen LogP contribution in [0.25, 0.3) is 11.1 Å². The van der Waals surface area contributed by atoms with Gasteiger partial charge in [-0.15, -0.1) is 0 Å². The summed E-state index contributed by atoms with van der Waals surface area (Å²) >= 11 is 6.23. The molecule has 0 heterocycles. The molecule has 0 bridgehead atoms. The van der Waals surface area contributed by atoms with Crippen LogP contribution in [0.4, 0.5) is 0 Å². The van der Waals surface area contributed by atoms with Crippen LogP contribution >= 0.6 is 11.6 Å². The molecule has 2 aromatic rings. The van der Waals surface area contributed by atoms with Crippen molar-refractivity contribution < 1.29 is 4.74 Å². The average Bonchev–Trinajstić information content (AvgIpc) is 2.48. The molecule has 0 spiro atoms. The number of hydrogen-bond donors (Lipinski definition) is 1. The Morgan fingerprint density at radius 2 is 1.70 bits per heavy atom. The van der Waals surface area contributed by atoms with E-state index in [0.717, 1.165) is 29.4 Å². The van der Waals surface area contributed by atoms with Gasteiger partial charge < -0.3 is 10.1 Å². The molecule has 0 saturated carbocycles. The summed E-state index contributed by atoms with van der Waals surface area (Å²) in [5.74, 6) is 0.901. The monoisotopic (exact) mass is 289 g/mol. The average molecular weight is 290 g/mol. The van der Waals surface area contributed by atoms with Gasteiger partial charge in [0.25, 0.3) is 0 Å². The second kappa shape index (κ2) is 7.32. The van der Waals surface area contributed by atoms with E-state index in [1.807, 2.05) is 31.2 Å². The fourth-order valence-electron chi connectivity index (χ4n) is 2.06. The summed E-state index contributed by atoms with van der Waals surface area (Å²) in [5, 5.41) is 4.11. The van der Waals surface area contributed by atoms with E-state index in [1.54, 1.807) is 0 Å². The maximum absolute atomic E-state index is 6.23. The first-order chi connectivity index (χ1) is 9.74. The molecule has 3 heteroatoms. The first kappa shape index (κ1) is 14.9. The standard InChI is InChI=1S/C17H20ClNO/c1-3-19-12-15-11-14(7-10-17(15)18)13-5-8-16(9-6-13)20-4-2/h5-11,19H,3-4,12H2,1-2H3. The van der Waals surface area contributed by atoms with Crippen molar-refractivity contribution in [3.63, 3.8) is 0 Å². The molecule has 0 amide bonds. The van der Waals surface area contributed by atoms with Gasteiger partial charge in [-0.25, -0.2) is 0 Å². The first-order valence-corrected chi connectivity index (χ1v) is 7.34. The highest BCUT2D eigenvalue weighted by Crippen LogP contribution is 2.26. The number of benzene rings is 2. The van der Waals surface area contributed by atoms with E-state index in [1.165, 1.54) is 11.1 Å². The van der Waals surface area contributed by atoms with Gasteiger partial charge in [0.05, 0.1) is 6.61 Å². The van der Waals surface area contributed by atoms with Crippen molar-refractivity contribution in [2.75, 3.05) is 13.2 Å². The summed E-state index contributed by atoms with van der Waals surface area (Å²) in [7, 11) is 0. The molecule has 0 unspecified atom stereocenters. The lowest BCUT2D eigenvalue weighted by Crippen LogP contribution is -2.12. The SMILES string of the molecule is CCNCc1cc(-c2ccc(OCC)cc2)ccc1Cl. The normalized spacial score (nSPS) is 10.6. The molecule has 20 heavy (non-hydrogen) atoms. The van der Waals surface area contributed by atoms with Gasteiger partial charge in [-0.05, 0) is 54.4 Å². The molecular weight excluding hydrogens is 270 g/mol. The highest BCUT2D eigenvalue weighted by Gasteiger charge is 2.04. The number of halogens is 1. The van der Waals surface area contributed by atoms with Crippen molar-refractivity contribution >= 4 is 11.6 Å². The second-order valence-electron chi connectivity index (χ2n) is 4.54. The fraction of sp³-hybridized carbons (Fsp3) is 0.294. The van der Waals surface area contributed by atoms with Crippen molar-refractivity contribution in [3.8, 4) is 16.9 Å². The lowest BCUT2D eigenvalue weighted by atomic mass is 10.0. The van der Waals surface area contributed by atoms with E-state index in [0.29, 0.717) is 6.61 Å². The summed E-state index contributed by atoms with van der Waals surface area (Å²) in [6.07, 6.45) is 0. The molecule has 1 N–H and O–H groups in total. The highest BCUT2D eigenvalue weighted by atomic mass is 35.5. The van der Waals surface area contributed by atoms with Crippen molar-refractivity contribution in [1.82, 2.24) is 5.32 Å². The fourth-order valence-corrected chi connectivity index (χ4v) is 2.24. The Bertz CT molecular complexity index is 551. The lowest BCUT2D eigenvalue weighted by Gasteiger charge is -2.09. The summed E-state index contributed by atoms with van der Waals surface area (Å²) in [6, 6.07) is 14.3. The number of hydrogen-bond acceptors (Lipinski definition) is 2. The van der Waals surface area contributed by atoms with Crippen LogP contribution in [-0.2, 0) is 6.54 Å². The smallest absolute Gasteiger partial charge is 0.119 e. The van der Waals surface area contributed by atoms with Crippen molar-refractivity contribution in [3.05, 3.63) is 53.1 Å². The van der Waals surface area contributed by atoms with E-state index in [9.17, 15) is 0 Å². The second-order valence-corrected chi connectivity index (χ2v) is 4.95. The minimum Gasteiger partial charge on any atom is -0.494 e. The van der Waals surface area contributed by atoms with Gasteiger partial charge in [-0.3, -0.25) is 0 Å². The Hall–Kier alpha value is -1.51. The highest BCUT2D eigenvalue weighted by molar-refractivity contribution is 6.31. The molecule has 2 aromatic carbocycles. The zero-order valence-electron chi connectivity index (χ0n) is 11.9. The minimum atomic E-state index is 0.688.